The van der Waals surface area contributed by atoms with Gasteiger partial charge in [-0.3, -0.25) is 4.90 Å². The largest absolute Gasteiger partial charge is 0.329 e. The normalized spacial score (nSPS) is 20.2. The first-order valence-corrected chi connectivity index (χ1v) is 7.44. The van der Waals surface area contributed by atoms with E-state index in [1.165, 1.54) is 12.1 Å². The highest BCUT2D eigenvalue weighted by molar-refractivity contribution is 5.22. The molecule has 1 unspecified atom stereocenters. The molecule has 1 fully saturated rings. The summed E-state index contributed by atoms with van der Waals surface area (Å²) in [4.78, 5) is 2.32. The van der Waals surface area contributed by atoms with Crippen LogP contribution in [-0.4, -0.2) is 24.5 Å². The van der Waals surface area contributed by atoms with Gasteiger partial charge in [-0.2, -0.15) is 0 Å². The number of rotatable bonds is 5. The van der Waals surface area contributed by atoms with E-state index in [0.717, 1.165) is 37.9 Å². The molecule has 112 valence electrons. The molecular formula is C16H24F2N2. The highest BCUT2D eigenvalue weighted by Gasteiger charge is 2.37. The first kappa shape index (κ1) is 15.4. The quantitative estimate of drug-likeness (QED) is 0.896. The number of nitrogens with two attached hydrogens (primary N) is 1. The van der Waals surface area contributed by atoms with Gasteiger partial charge in [-0.25, -0.2) is 8.78 Å². The number of benzene rings is 1. The second kappa shape index (κ2) is 6.19. The molecular weight excluding hydrogens is 258 g/mol. The molecule has 2 rings (SSSR count). The highest BCUT2D eigenvalue weighted by atomic mass is 19.2. The molecule has 20 heavy (non-hydrogen) atoms. The van der Waals surface area contributed by atoms with E-state index in [-0.39, 0.29) is 6.04 Å². The van der Waals surface area contributed by atoms with Crippen molar-refractivity contribution in [1.29, 1.82) is 0 Å². The lowest BCUT2D eigenvalue weighted by Crippen LogP contribution is -2.34. The van der Waals surface area contributed by atoms with Crippen molar-refractivity contribution in [3.05, 3.63) is 35.4 Å². The van der Waals surface area contributed by atoms with Crippen LogP contribution in [0.4, 0.5) is 8.78 Å². The monoisotopic (exact) mass is 282 g/mol. The third kappa shape index (κ3) is 2.86. The van der Waals surface area contributed by atoms with Crippen LogP contribution in [0.25, 0.3) is 0 Å². The average Bonchev–Trinajstić information content (AvgIpc) is 2.88. The van der Waals surface area contributed by atoms with E-state index < -0.39 is 11.6 Å². The summed E-state index contributed by atoms with van der Waals surface area (Å²) in [5, 5.41) is 0. The third-order valence-corrected chi connectivity index (χ3v) is 4.96. The van der Waals surface area contributed by atoms with E-state index in [9.17, 15) is 8.78 Å². The van der Waals surface area contributed by atoms with Crippen molar-refractivity contribution >= 4 is 0 Å². The molecule has 0 aliphatic carbocycles. The molecule has 0 bridgehead atoms. The Morgan fingerprint density at radius 2 is 1.95 bits per heavy atom. The molecule has 0 saturated carbocycles. The van der Waals surface area contributed by atoms with Crippen molar-refractivity contribution in [2.45, 2.75) is 39.2 Å². The zero-order valence-corrected chi connectivity index (χ0v) is 12.3. The number of nitrogens with zero attached hydrogens (tertiary/aromatic N) is 1. The zero-order valence-electron chi connectivity index (χ0n) is 12.3. The van der Waals surface area contributed by atoms with Crippen molar-refractivity contribution < 1.29 is 8.78 Å². The molecule has 1 aliphatic heterocycles. The Morgan fingerprint density at radius 3 is 2.45 bits per heavy atom. The molecule has 2 nitrogen and oxygen atoms in total. The van der Waals surface area contributed by atoms with E-state index >= 15 is 0 Å². The number of likely N-dealkylation sites (tertiary alicyclic amines) is 1. The van der Waals surface area contributed by atoms with Gasteiger partial charge in [0.05, 0.1) is 0 Å². The minimum Gasteiger partial charge on any atom is -0.329 e. The minimum atomic E-state index is -0.803. The van der Waals surface area contributed by atoms with Gasteiger partial charge in [-0.1, -0.05) is 19.9 Å². The molecule has 1 aromatic carbocycles. The lowest BCUT2D eigenvalue weighted by atomic mass is 9.82. The molecule has 2 N–H and O–H groups in total. The SMILES string of the molecule is CCC1(CC)CCN(C(CN)c2ccc(F)c(F)c2)C1. The third-order valence-electron chi connectivity index (χ3n) is 4.96. The second-order valence-corrected chi connectivity index (χ2v) is 5.85. The Labute approximate surface area is 120 Å². The molecule has 1 aliphatic rings. The van der Waals surface area contributed by atoms with Crippen molar-refractivity contribution in [1.82, 2.24) is 4.90 Å². The van der Waals surface area contributed by atoms with Gasteiger partial charge in [0.1, 0.15) is 0 Å². The fourth-order valence-corrected chi connectivity index (χ4v) is 3.28. The van der Waals surface area contributed by atoms with Crippen LogP contribution in [-0.2, 0) is 0 Å². The predicted molar refractivity (Wildman–Crippen MR) is 77.4 cm³/mol. The fraction of sp³-hybridized carbons (Fsp3) is 0.625. The van der Waals surface area contributed by atoms with Gasteiger partial charge >= 0.3 is 0 Å². The van der Waals surface area contributed by atoms with Crippen LogP contribution in [0.5, 0.6) is 0 Å². The van der Waals surface area contributed by atoms with Crippen LogP contribution in [0.15, 0.2) is 18.2 Å². The van der Waals surface area contributed by atoms with Crippen LogP contribution in [0.1, 0.15) is 44.7 Å². The minimum absolute atomic E-state index is 0.0231. The number of hydrogen-bond acceptors (Lipinski definition) is 2. The summed E-state index contributed by atoms with van der Waals surface area (Å²) in [5.41, 5.74) is 7.01. The molecule has 1 saturated heterocycles. The first-order chi connectivity index (χ1) is 9.55. The van der Waals surface area contributed by atoms with Gasteiger partial charge in [0.15, 0.2) is 11.6 Å². The molecule has 0 radical (unpaired) electrons. The Balaban J connectivity index is 2.19. The molecule has 1 heterocycles. The Bertz CT molecular complexity index is 458. The van der Waals surface area contributed by atoms with Crippen LogP contribution in [0.3, 0.4) is 0 Å². The van der Waals surface area contributed by atoms with E-state index in [2.05, 4.69) is 18.7 Å². The second-order valence-electron chi connectivity index (χ2n) is 5.85. The van der Waals surface area contributed by atoms with Crippen LogP contribution < -0.4 is 5.73 Å². The summed E-state index contributed by atoms with van der Waals surface area (Å²) in [5.74, 6) is -1.60. The average molecular weight is 282 g/mol. The topological polar surface area (TPSA) is 29.3 Å². The standard InChI is InChI=1S/C16H24F2N2/c1-3-16(4-2)7-8-20(11-16)15(10-19)12-5-6-13(17)14(18)9-12/h5-6,9,15H,3-4,7-8,10-11,19H2,1-2H3. The maximum absolute atomic E-state index is 13.4. The summed E-state index contributed by atoms with van der Waals surface area (Å²) in [6.45, 7) is 6.84. The Hall–Kier alpha value is -1.00. The molecule has 1 atom stereocenters. The Morgan fingerprint density at radius 1 is 1.25 bits per heavy atom. The van der Waals surface area contributed by atoms with E-state index in [1.807, 2.05) is 0 Å². The van der Waals surface area contributed by atoms with Gasteiger partial charge in [-0.05, 0) is 48.9 Å². The molecule has 0 spiro atoms. The van der Waals surface area contributed by atoms with E-state index in [4.69, 9.17) is 5.73 Å². The summed E-state index contributed by atoms with van der Waals surface area (Å²) >= 11 is 0. The molecule has 4 heteroatoms. The maximum Gasteiger partial charge on any atom is 0.159 e. The highest BCUT2D eigenvalue weighted by Crippen LogP contribution is 2.40. The summed E-state index contributed by atoms with van der Waals surface area (Å²) in [7, 11) is 0. The van der Waals surface area contributed by atoms with E-state index in [1.54, 1.807) is 6.07 Å². The van der Waals surface area contributed by atoms with Crippen LogP contribution >= 0.6 is 0 Å². The fourth-order valence-electron chi connectivity index (χ4n) is 3.28. The lowest BCUT2D eigenvalue weighted by molar-refractivity contribution is 0.197. The first-order valence-electron chi connectivity index (χ1n) is 7.44. The molecule has 0 aromatic heterocycles. The smallest absolute Gasteiger partial charge is 0.159 e. The van der Waals surface area contributed by atoms with E-state index in [0.29, 0.717) is 12.0 Å². The maximum atomic E-state index is 13.4. The van der Waals surface area contributed by atoms with Crippen LogP contribution in [0.2, 0.25) is 0 Å². The van der Waals surface area contributed by atoms with Crippen LogP contribution in [0, 0.1) is 17.0 Å². The Kier molecular flexibility index (Phi) is 4.76. The van der Waals surface area contributed by atoms with Gasteiger partial charge in [-0.15, -0.1) is 0 Å². The van der Waals surface area contributed by atoms with Gasteiger partial charge < -0.3 is 5.73 Å². The molecule has 1 aromatic rings. The summed E-state index contributed by atoms with van der Waals surface area (Å²) in [6.07, 6.45) is 3.45. The van der Waals surface area contributed by atoms with Crippen molar-refractivity contribution in [2.24, 2.45) is 11.1 Å². The summed E-state index contributed by atoms with van der Waals surface area (Å²) in [6, 6.07) is 4.10. The van der Waals surface area contributed by atoms with Crippen molar-refractivity contribution in [3.63, 3.8) is 0 Å². The number of halogens is 2. The van der Waals surface area contributed by atoms with Crippen molar-refractivity contribution in [3.8, 4) is 0 Å². The van der Waals surface area contributed by atoms with Crippen molar-refractivity contribution in [2.75, 3.05) is 19.6 Å². The predicted octanol–water partition coefficient (Wildman–Crippen LogP) is 3.48. The van der Waals surface area contributed by atoms with Gasteiger partial charge in [0, 0.05) is 19.1 Å². The number of hydrogen-bond donors (Lipinski definition) is 1. The zero-order chi connectivity index (χ0) is 14.8. The summed E-state index contributed by atoms with van der Waals surface area (Å²) < 4.78 is 26.5. The molecule has 0 amide bonds. The van der Waals surface area contributed by atoms with Gasteiger partial charge in [0.25, 0.3) is 0 Å². The lowest BCUT2D eigenvalue weighted by Gasteiger charge is -2.31. The van der Waals surface area contributed by atoms with Gasteiger partial charge in [0.2, 0.25) is 0 Å².